The van der Waals surface area contributed by atoms with Crippen molar-refractivity contribution in [2.24, 2.45) is 0 Å². The number of hydrogen-bond donors (Lipinski definition) is 0. The molecule has 0 spiro atoms. The van der Waals surface area contributed by atoms with Crippen molar-refractivity contribution in [3.8, 4) is 0 Å². The van der Waals surface area contributed by atoms with Gasteiger partial charge in [-0.1, -0.05) is 12.1 Å². The van der Waals surface area contributed by atoms with Crippen LogP contribution in [-0.4, -0.2) is 28.3 Å². The highest BCUT2D eigenvalue weighted by Crippen LogP contribution is 2.37. The van der Waals surface area contributed by atoms with Crippen LogP contribution in [0, 0.1) is 0 Å². The number of hydrogen-bond acceptors (Lipinski definition) is 1. The van der Waals surface area contributed by atoms with Crippen molar-refractivity contribution in [2.75, 3.05) is 18.8 Å². The van der Waals surface area contributed by atoms with Gasteiger partial charge in [-0.15, -0.1) is 0 Å². The first-order valence-corrected chi connectivity index (χ1v) is 7.65. The lowest BCUT2D eigenvalue weighted by Crippen LogP contribution is -2.03. The van der Waals surface area contributed by atoms with Gasteiger partial charge >= 0.3 is 0 Å². The monoisotopic (exact) mass is 208 g/mol. The van der Waals surface area contributed by atoms with Crippen LogP contribution in [0.15, 0.2) is 30.6 Å². The second-order valence-corrected chi connectivity index (χ2v) is 8.86. The molecule has 2 rings (SSSR count). The van der Waals surface area contributed by atoms with Gasteiger partial charge in [0.1, 0.15) is 0 Å². The Bertz CT molecular complexity index is 440. The Hall–Kier alpha value is -0.960. The lowest BCUT2D eigenvalue weighted by molar-refractivity contribution is 0.915. The first-order valence-electron chi connectivity index (χ1n) is 4.62. The number of aromatic nitrogens is 2. The maximum atomic E-state index is 4.38. The summed E-state index contributed by atoms with van der Waals surface area (Å²) in [6.45, 7) is 0. The van der Waals surface area contributed by atoms with Crippen LogP contribution in [0.25, 0.3) is 11.0 Å². The zero-order chi connectivity index (χ0) is 10.2. The van der Waals surface area contributed by atoms with E-state index < -0.39 is 10.0 Å². The standard InChI is InChI=1S/C11H16N2S/c1-14(2,3)9-13-8-12-10-6-4-5-7-11(10)13/h4-8H,9H2,1-3H3. The average Bonchev–Trinajstić information content (AvgIpc) is 2.47. The van der Waals surface area contributed by atoms with Gasteiger partial charge in [-0.25, -0.2) is 15.0 Å². The Morgan fingerprint density at radius 2 is 1.93 bits per heavy atom. The summed E-state index contributed by atoms with van der Waals surface area (Å²) in [4.78, 5) is 4.38. The van der Waals surface area contributed by atoms with Crippen LogP contribution in [0.3, 0.4) is 0 Å². The van der Waals surface area contributed by atoms with E-state index >= 15 is 0 Å². The van der Waals surface area contributed by atoms with Crippen LogP contribution < -0.4 is 0 Å². The molecule has 2 nitrogen and oxygen atoms in total. The van der Waals surface area contributed by atoms with Crippen LogP contribution in [0.1, 0.15) is 0 Å². The Labute approximate surface area is 86.3 Å². The third-order valence-corrected chi connectivity index (χ3v) is 3.11. The fourth-order valence-electron chi connectivity index (χ4n) is 1.53. The van der Waals surface area contributed by atoms with Crippen LogP contribution in [0.2, 0.25) is 0 Å². The molecule has 1 heterocycles. The summed E-state index contributed by atoms with van der Waals surface area (Å²) >= 11 is 0. The molecule has 14 heavy (non-hydrogen) atoms. The van der Waals surface area contributed by atoms with E-state index in [0.717, 1.165) is 11.4 Å². The molecule has 0 aliphatic carbocycles. The van der Waals surface area contributed by atoms with Crippen LogP contribution in [0.5, 0.6) is 0 Å². The maximum Gasteiger partial charge on any atom is 0.0965 e. The van der Waals surface area contributed by atoms with Crippen molar-refractivity contribution in [3.63, 3.8) is 0 Å². The highest BCUT2D eigenvalue weighted by Gasteiger charge is 2.07. The van der Waals surface area contributed by atoms with Gasteiger partial charge in [0.25, 0.3) is 0 Å². The molecule has 0 aliphatic rings. The van der Waals surface area contributed by atoms with Crippen molar-refractivity contribution < 1.29 is 0 Å². The molecule has 0 radical (unpaired) electrons. The summed E-state index contributed by atoms with van der Waals surface area (Å²) in [7, 11) is -0.516. The van der Waals surface area contributed by atoms with Crippen LogP contribution in [-0.2, 0) is 5.88 Å². The van der Waals surface area contributed by atoms with Gasteiger partial charge in [0.15, 0.2) is 0 Å². The summed E-state index contributed by atoms with van der Waals surface area (Å²) in [5.41, 5.74) is 2.34. The van der Waals surface area contributed by atoms with Crippen molar-refractivity contribution in [3.05, 3.63) is 30.6 Å². The SMILES string of the molecule is CS(C)(C)Cn1cnc2ccccc21. The summed E-state index contributed by atoms with van der Waals surface area (Å²) < 4.78 is 2.25. The van der Waals surface area contributed by atoms with Crippen LogP contribution in [0.4, 0.5) is 0 Å². The van der Waals surface area contributed by atoms with E-state index in [9.17, 15) is 0 Å². The number of imidazole rings is 1. The molecule has 2 aromatic rings. The highest BCUT2D eigenvalue weighted by molar-refractivity contribution is 8.31. The minimum absolute atomic E-state index is 0.516. The lowest BCUT2D eigenvalue weighted by atomic mass is 10.3. The molecule has 0 amide bonds. The summed E-state index contributed by atoms with van der Waals surface area (Å²) in [6.07, 6.45) is 8.91. The molecule has 76 valence electrons. The molecule has 0 bridgehead atoms. The van der Waals surface area contributed by atoms with Gasteiger partial charge in [0.05, 0.1) is 23.2 Å². The Morgan fingerprint density at radius 3 is 2.64 bits per heavy atom. The molecule has 0 N–H and O–H groups in total. The fraction of sp³-hybridized carbons (Fsp3) is 0.364. The molecule has 1 aromatic heterocycles. The number of nitrogens with zero attached hydrogens (tertiary/aromatic N) is 2. The minimum atomic E-state index is -0.516. The normalized spacial score (nSPS) is 13.4. The van der Waals surface area contributed by atoms with Gasteiger partial charge in [-0.3, -0.25) is 0 Å². The van der Waals surface area contributed by atoms with Crippen molar-refractivity contribution in [1.29, 1.82) is 0 Å². The van der Waals surface area contributed by atoms with Crippen molar-refractivity contribution >= 4 is 21.1 Å². The van der Waals surface area contributed by atoms with Gasteiger partial charge in [-0.05, 0) is 30.9 Å². The van der Waals surface area contributed by atoms with Gasteiger partial charge in [0.2, 0.25) is 0 Å². The first kappa shape index (κ1) is 9.59. The first-order chi connectivity index (χ1) is 6.56. The van der Waals surface area contributed by atoms with Gasteiger partial charge < -0.3 is 4.57 Å². The van der Waals surface area contributed by atoms with Gasteiger partial charge in [0, 0.05) is 0 Å². The second-order valence-electron chi connectivity index (χ2n) is 4.42. The Balaban J connectivity index is 2.44. The van der Waals surface area contributed by atoms with E-state index in [0.29, 0.717) is 0 Å². The topological polar surface area (TPSA) is 17.8 Å². The van der Waals surface area contributed by atoms with E-state index in [1.807, 2.05) is 12.4 Å². The molecular formula is C11H16N2S. The predicted octanol–water partition coefficient (Wildman–Crippen LogP) is 2.69. The molecule has 0 atom stereocenters. The Morgan fingerprint density at radius 1 is 1.21 bits per heavy atom. The molecular weight excluding hydrogens is 192 g/mol. The quantitative estimate of drug-likeness (QED) is 0.742. The molecule has 0 saturated heterocycles. The average molecular weight is 208 g/mol. The van der Waals surface area contributed by atoms with Gasteiger partial charge in [-0.2, -0.15) is 0 Å². The number of rotatable bonds is 2. The second kappa shape index (κ2) is 3.31. The lowest BCUT2D eigenvalue weighted by Gasteiger charge is -2.25. The maximum absolute atomic E-state index is 4.38. The zero-order valence-corrected chi connectivity index (χ0v) is 9.71. The molecule has 0 fully saturated rings. The van der Waals surface area contributed by atoms with Crippen molar-refractivity contribution in [1.82, 2.24) is 9.55 Å². The highest BCUT2D eigenvalue weighted by atomic mass is 32.3. The molecule has 0 aliphatic heterocycles. The zero-order valence-electron chi connectivity index (χ0n) is 8.90. The minimum Gasteiger partial charge on any atom is -0.322 e. The van der Waals surface area contributed by atoms with Crippen LogP contribution >= 0.6 is 10.0 Å². The fourth-order valence-corrected chi connectivity index (χ4v) is 2.57. The number of para-hydroxylation sites is 2. The number of benzene rings is 1. The summed E-state index contributed by atoms with van der Waals surface area (Å²) in [6, 6.07) is 8.29. The molecule has 3 heteroatoms. The van der Waals surface area contributed by atoms with Crippen molar-refractivity contribution in [2.45, 2.75) is 5.88 Å². The largest absolute Gasteiger partial charge is 0.322 e. The molecule has 0 saturated carbocycles. The summed E-state index contributed by atoms with van der Waals surface area (Å²) in [5.74, 6) is 1.09. The smallest absolute Gasteiger partial charge is 0.0965 e. The predicted molar refractivity (Wildman–Crippen MR) is 65.1 cm³/mol. The van der Waals surface area contributed by atoms with E-state index in [4.69, 9.17) is 0 Å². The van der Waals surface area contributed by atoms with E-state index in [1.54, 1.807) is 0 Å². The van der Waals surface area contributed by atoms with E-state index in [-0.39, 0.29) is 0 Å². The number of fused-ring (bicyclic) bond motifs is 1. The van der Waals surface area contributed by atoms with E-state index in [1.165, 1.54) is 5.52 Å². The third-order valence-electron chi connectivity index (χ3n) is 2.05. The Kier molecular flexibility index (Phi) is 2.27. The molecule has 1 aromatic carbocycles. The molecule has 0 unspecified atom stereocenters. The summed E-state index contributed by atoms with van der Waals surface area (Å²) in [5, 5.41) is 0. The van der Waals surface area contributed by atoms with E-state index in [2.05, 4.69) is 46.5 Å². The third kappa shape index (κ3) is 1.93.